The van der Waals surface area contributed by atoms with Crippen LogP contribution in [0.1, 0.15) is 56.3 Å². The second-order valence-corrected chi connectivity index (χ2v) is 12.2. The maximum absolute atomic E-state index is 12.9. The number of carbonyl (C=O) groups excluding carboxylic acids is 2. The molecule has 16 heteroatoms. The third-order valence-electron chi connectivity index (χ3n) is 8.37. The van der Waals surface area contributed by atoms with Crippen molar-refractivity contribution in [2.45, 2.75) is 63.8 Å². The van der Waals surface area contributed by atoms with E-state index in [2.05, 4.69) is 25.9 Å². The number of amides is 2. The zero-order valence-electron chi connectivity index (χ0n) is 26.4. The minimum absolute atomic E-state index is 0.0140. The lowest BCUT2D eigenvalue weighted by Crippen LogP contribution is -2.44. The number of ether oxygens (including phenoxy) is 1. The van der Waals surface area contributed by atoms with Crippen molar-refractivity contribution >= 4 is 52.8 Å². The molecule has 4 N–H and O–H groups in total. The molecule has 12 nitrogen and oxygen atoms in total. The molecular weight excluding hydrogens is 669 g/mol. The normalized spacial score (nSPS) is 16.7. The van der Waals surface area contributed by atoms with Gasteiger partial charge in [-0.15, -0.1) is 0 Å². The van der Waals surface area contributed by atoms with E-state index in [-0.39, 0.29) is 17.9 Å². The Bertz CT molecular complexity index is 1650. The monoisotopic (exact) mass is 704 g/mol. The summed E-state index contributed by atoms with van der Waals surface area (Å²) in [7, 11) is 0. The average Bonchev–Trinajstić information content (AvgIpc) is 3.77. The Hall–Kier alpha value is -4.79. The van der Waals surface area contributed by atoms with Crippen molar-refractivity contribution in [3.63, 3.8) is 0 Å². The highest BCUT2D eigenvalue weighted by Crippen LogP contribution is 2.34. The highest BCUT2D eigenvalue weighted by Gasteiger charge is 2.38. The molecule has 0 unspecified atom stereocenters. The number of hydrogen-bond donors (Lipinski definition) is 4. The van der Waals surface area contributed by atoms with Gasteiger partial charge in [0.05, 0.1) is 23.4 Å². The first-order valence-corrected chi connectivity index (χ1v) is 16.3. The van der Waals surface area contributed by atoms with E-state index in [0.29, 0.717) is 64.7 Å². The Balaban J connectivity index is 0.000000606. The number of nitrogens with zero attached hydrogens (tertiary/aromatic N) is 3. The quantitative estimate of drug-likeness (QED) is 0.214. The summed E-state index contributed by atoms with van der Waals surface area (Å²) in [5.41, 5.74) is 2.03. The summed E-state index contributed by atoms with van der Waals surface area (Å²) < 4.78 is 43.3. The minimum atomic E-state index is -5.08. The van der Waals surface area contributed by atoms with E-state index in [4.69, 9.17) is 30.7 Å². The fraction of sp³-hybridized carbons (Fsp3) is 0.424. The Morgan fingerprint density at radius 3 is 2.49 bits per heavy atom. The first-order chi connectivity index (χ1) is 23.5. The van der Waals surface area contributed by atoms with Crippen molar-refractivity contribution in [2.24, 2.45) is 5.92 Å². The van der Waals surface area contributed by atoms with Crippen LogP contribution in [0.5, 0.6) is 5.75 Å². The molecule has 4 heterocycles. The Kier molecular flexibility index (Phi) is 11.6. The smallest absolute Gasteiger partial charge is 0.489 e. The molecule has 0 radical (unpaired) electrons. The summed E-state index contributed by atoms with van der Waals surface area (Å²) in [5, 5.41) is 17.1. The number of aliphatic carboxylic acids is 1. The van der Waals surface area contributed by atoms with Gasteiger partial charge in [0.2, 0.25) is 11.8 Å². The number of piperidine rings is 1. The summed E-state index contributed by atoms with van der Waals surface area (Å²) in [4.78, 5) is 45.4. The van der Waals surface area contributed by atoms with Crippen LogP contribution in [0.3, 0.4) is 0 Å². The van der Waals surface area contributed by atoms with Gasteiger partial charge < -0.3 is 35.1 Å². The molecule has 3 aromatic rings. The van der Waals surface area contributed by atoms with E-state index in [1.807, 2.05) is 29.2 Å². The number of rotatable bonds is 8. The highest BCUT2D eigenvalue weighted by atomic mass is 35.5. The number of carboxylic acids is 1. The van der Waals surface area contributed by atoms with Crippen LogP contribution in [0.15, 0.2) is 52.9 Å². The molecule has 2 fully saturated rings. The lowest BCUT2D eigenvalue weighted by Gasteiger charge is -2.33. The fourth-order valence-electron chi connectivity index (χ4n) is 5.82. The first kappa shape index (κ1) is 35.5. The second-order valence-electron chi connectivity index (χ2n) is 11.8. The van der Waals surface area contributed by atoms with Gasteiger partial charge in [-0.05, 0) is 55.7 Å². The van der Waals surface area contributed by atoms with Crippen LogP contribution >= 0.6 is 11.6 Å². The van der Waals surface area contributed by atoms with Crippen molar-refractivity contribution in [3.8, 4) is 5.75 Å². The van der Waals surface area contributed by atoms with Gasteiger partial charge in [-0.3, -0.25) is 9.59 Å². The topological polar surface area (TPSA) is 159 Å². The SMILES string of the molecule is O=C(NCc1ccco1)C1=Cc2c(ncnc2Nc2ccc(OC3CCN(C(=O)C4CCCC4)CC3)c(Cl)c2)NCC1.O=C(O)C(F)(F)F. The van der Waals surface area contributed by atoms with Gasteiger partial charge in [0, 0.05) is 49.7 Å². The predicted octanol–water partition coefficient (Wildman–Crippen LogP) is 6.18. The lowest BCUT2D eigenvalue weighted by molar-refractivity contribution is -0.192. The van der Waals surface area contributed by atoms with Gasteiger partial charge >= 0.3 is 12.1 Å². The van der Waals surface area contributed by atoms with Gasteiger partial charge in [-0.1, -0.05) is 24.4 Å². The molecule has 1 saturated heterocycles. The van der Waals surface area contributed by atoms with Gasteiger partial charge in [0.1, 0.15) is 35.6 Å². The van der Waals surface area contributed by atoms with Crippen molar-refractivity contribution in [1.82, 2.24) is 20.2 Å². The van der Waals surface area contributed by atoms with Gasteiger partial charge in [0.15, 0.2) is 0 Å². The maximum Gasteiger partial charge on any atom is 0.490 e. The van der Waals surface area contributed by atoms with E-state index >= 15 is 0 Å². The standard InChI is InChI=1S/C31H35ClN6O4.C2HF3O2/c32-26-17-22(7-8-27(26)42-23-10-13-38(14-11-23)31(40)20-4-1-2-5-20)37-29-25-16-21(9-12-33-28(25)35-19-36-29)30(39)34-18-24-6-3-15-41-24;3-2(4,5)1(6)7/h3,6-8,15-17,19-20,23H,1-2,4-5,9-14,18H2,(H,34,39)(H2,33,35,36,37);(H,6,7). The molecule has 6 rings (SSSR count). The minimum Gasteiger partial charge on any atom is -0.489 e. The number of anilines is 3. The van der Waals surface area contributed by atoms with E-state index in [1.165, 1.54) is 6.33 Å². The summed E-state index contributed by atoms with van der Waals surface area (Å²) in [5.74, 6) is 0.0896. The van der Waals surface area contributed by atoms with Crippen molar-refractivity contribution in [1.29, 1.82) is 0 Å². The van der Waals surface area contributed by atoms with Crippen molar-refractivity contribution in [3.05, 3.63) is 64.8 Å². The zero-order valence-corrected chi connectivity index (χ0v) is 27.1. The van der Waals surface area contributed by atoms with Crippen LogP contribution in [0.4, 0.5) is 30.5 Å². The molecule has 1 aliphatic carbocycles. The van der Waals surface area contributed by atoms with E-state index in [1.54, 1.807) is 18.4 Å². The lowest BCUT2D eigenvalue weighted by atomic mass is 10.0. The number of benzene rings is 1. The van der Waals surface area contributed by atoms with E-state index in [0.717, 1.165) is 57.3 Å². The Morgan fingerprint density at radius 1 is 1.10 bits per heavy atom. The molecule has 2 aromatic heterocycles. The third kappa shape index (κ3) is 9.65. The number of halogens is 4. The second kappa shape index (κ2) is 16.1. The van der Waals surface area contributed by atoms with Gasteiger partial charge in [0.25, 0.3) is 0 Å². The number of furan rings is 1. The number of alkyl halides is 3. The zero-order chi connectivity index (χ0) is 35.0. The first-order valence-electron chi connectivity index (χ1n) is 15.9. The van der Waals surface area contributed by atoms with Gasteiger partial charge in [-0.25, -0.2) is 14.8 Å². The predicted molar refractivity (Wildman–Crippen MR) is 174 cm³/mol. The molecule has 2 amide bonds. The summed E-state index contributed by atoms with van der Waals surface area (Å²) >= 11 is 6.64. The molecule has 1 aromatic carbocycles. The van der Waals surface area contributed by atoms with Crippen LogP contribution in [-0.2, 0) is 20.9 Å². The average molecular weight is 705 g/mol. The molecular formula is C33H36ClF3N6O6. The summed E-state index contributed by atoms with van der Waals surface area (Å²) in [6.07, 6.45) is 6.30. The number of nitrogens with one attached hydrogen (secondary N) is 3. The van der Waals surface area contributed by atoms with Crippen LogP contribution < -0.4 is 20.7 Å². The number of likely N-dealkylation sites (tertiary alicyclic amines) is 1. The number of hydrogen-bond acceptors (Lipinski definition) is 9. The molecule has 49 heavy (non-hydrogen) atoms. The molecule has 3 aliphatic rings. The molecule has 0 spiro atoms. The highest BCUT2D eigenvalue weighted by molar-refractivity contribution is 6.32. The number of carbonyl (C=O) groups is 3. The van der Waals surface area contributed by atoms with Crippen molar-refractivity contribution in [2.75, 3.05) is 30.3 Å². The Labute approximate surface area is 285 Å². The number of carboxylic acid groups (broad SMARTS) is 1. The summed E-state index contributed by atoms with van der Waals surface area (Å²) in [6.45, 7) is 2.32. The van der Waals surface area contributed by atoms with E-state index in [9.17, 15) is 22.8 Å². The molecule has 2 aliphatic heterocycles. The maximum atomic E-state index is 12.9. The number of fused-ring (bicyclic) bond motifs is 1. The molecule has 262 valence electrons. The van der Waals surface area contributed by atoms with Gasteiger partial charge in [-0.2, -0.15) is 13.2 Å². The molecule has 0 atom stereocenters. The largest absolute Gasteiger partial charge is 0.490 e. The van der Waals surface area contributed by atoms with Crippen LogP contribution in [0.2, 0.25) is 5.02 Å². The summed E-state index contributed by atoms with van der Waals surface area (Å²) in [6, 6.07) is 9.14. The molecule has 1 saturated carbocycles. The Morgan fingerprint density at radius 2 is 1.84 bits per heavy atom. The van der Waals surface area contributed by atoms with Crippen LogP contribution in [0, 0.1) is 5.92 Å². The fourth-order valence-corrected chi connectivity index (χ4v) is 6.05. The number of aromatic nitrogens is 2. The van der Waals surface area contributed by atoms with Crippen LogP contribution in [0.25, 0.3) is 6.08 Å². The molecule has 0 bridgehead atoms. The van der Waals surface area contributed by atoms with Crippen LogP contribution in [-0.4, -0.2) is 69.7 Å². The van der Waals surface area contributed by atoms with Crippen molar-refractivity contribution < 1.29 is 41.8 Å². The third-order valence-corrected chi connectivity index (χ3v) is 8.67. The van der Waals surface area contributed by atoms with E-state index < -0.39 is 12.1 Å².